The van der Waals surface area contributed by atoms with Crippen LogP contribution in [0.15, 0.2) is 24.3 Å². The van der Waals surface area contributed by atoms with Crippen LogP contribution in [0, 0.1) is 11.8 Å². The SMILES string of the molecule is C[C@@H](C[C@H](C)C(=O)Nc1ccccc1C(C)(C)C)C(=O)[O-]. The molecule has 4 heteroatoms. The maximum Gasteiger partial charge on any atom is 0.227 e. The summed E-state index contributed by atoms with van der Waals surface area (Å²) in [5.41, 5.74) is 1.76. The van der Waals surface area contributed by atoms with E-state index in [0.717, 1.165) is 11.3 Å². The molecule has 1 rings (SSSR count). The van der Waals surface area contributed by atoms with Crippen molar-refractivity contribution >= 4 is 17.6 Å². The number of amides is 1. The zero-order valence-corrected chi connectivity index (χ0v) is 13.4. The molecule has 0 fully saturated rings. The monoisotopic (exact) mass is 290 g/mol. The summed E-state index contributed by atoms with van der Waals surface area (Å²) in [5.74, 6) is -2.31. The first-order valence-corrected chi connectivity index (χ1v) is 7.24. The summed E-state index contributed by atoms with van der Waals surface area (Å²) < 4.78 is 0. The van der Waals surface area contributed by atoms with E-state index >= 15 is 0 Å². The molecule has 0 saturated heterocycles. The first-order valence-electron chi connectivity index (χ1n) is 7.24. The van der Waals surface area contributed by atoms with Gasteiger partial charge in [-0.1, -0.05) is 52.8 Å². The molecule has 0 aliphatic carbocycles. The molecule has 0 bridgehead atoms. The molecule has 0 aromatic heterocycles. The van der Waals surface area contributed by atoms with Crippen molar-refractivity contribution < 1.29 is 14.7 Å². The van der Waals surface area contributed by atoms with Gasteiger partial charge >= 0.3 is 0 Å². The van der Waals surface area contributed by atoms with Crippen molar-refractivity contribution in [3.63, 3.8) is 0 Å². The molecule has 0 unspecified atom stereocenters. The zero-order chi connectivity index (χ0) is 16.2. The third-order valence-corrected chi connectivity index (χ3v) is 3.55. The number of carboxylic acid groups (broad SMARTS) is 1. The lowest BCUT2D eigenvalue weighted by atomic mass is 9.85. The number of anilines is 1. The van der Waals surface area contributed by atoms with Gasteiger partial charge in [0.2, 0.25) is 5.91 Å². The van der Waals surface area contributed by atoms with E-state index in [1.807, 2.05) is 24.3 Å². The fourth-order valence-electron chi connectivity index (χ4n) is 2.24. The summed E-state index contributed by atoms with van der Waals surface area (Å²) in [6.45, 7) is 9.54. The highest BCUT2D eigenvalue weighted by molar-refractivity contribution is 5.93. The van der Waals surface area contributed by atoms with Crippen molar-refractivity contribution in [1.82, 2.24) is 0 Å². The topological polar surface area (TPSA) is 69.2 Å². The molecular formula is C17H24NO3-. The van der Waals surface area contributed by atoms with Gasteiger partial charge in [0.05, 0.1) is 0 Å². The quantitative estimate of drug-likeness (QED) is 0.905. The first-order chi connectivity index (χ1) is 9.62. The summed E-state index contributed by atoms with van der Waals surface area (Å²) in [6.07, 6.45) is 0.270. The van der Waals surface area contributed by atoms with Gasteiger partial charge in [0, 0.05) is 17.6 Å². The van der Waals surface area contributed by atoms with Crippen LogP contribution >= 0.6 is 0 Å². The number of carbonyl (C=O) groups is 2. The van der Waals surface area contributed by atoms with Crippen LogP contribution in [0.25, 0.3) is 0 Å². The van der Waals surface area contributed by atoms with Crippen LogP contribution < -0.4 is 10.4 Å². The van der Waals surface area contributed by atoms with Crippen LogP contribution in [-0.2, 0) is 15.0 Å². The van der Waals surface area contributed by atoms with Crippen LogP contribution in [-0.4, -0.2) is 11.9 Å². The van der Waals surface area contributed by atoms with Crippen molar-refractivity contribution in [3.05, 3.63) is 29.8 Å². The molecule has 0 aliphatic heterocycles. The van der Waals surface area contributed by atoms with Gasteiger partial charge in [0.25, 0.3) is 0 Å². The van der Waals surface area contributed by atoms with E-state index in [1.165, 1.54) is 0 Å². The van der Waals surface area contributed by atoms with Gasteiger partial charge in [0.15, 0.2) is 0 Å². The standard InChI is InChI=1S/C17H25NO3/c1-11(10-12(2)16(20)21)15(19)18-14-9-7-6-8-13(14)17(3,4)5/h6-9,11-12H,10H2,1-5H3,(H,18,19)(H,20,21)/p-1/t11-,12-/m0/s1. The predicted molar refractivity (Wildman–Crippen MR) is 81.7 cm³/mol. The van der Waals surface area contributed by atoms with Crippen LogP contribution in [0.4, 0.5) is 5.69 Å². The average Bonchev–Trinajstić information content (AvgIpc) is 2.37. The molecule has 0 heterocycles. The Morgan fingerprint density at radius 3 is 2.24 bits per heavy atom. The second-order valence-electron chi connectivity index (χ2n) is 6.64. The predicted octanol–water partition coefficient (Wildman–Crippen LogP) is 2.33. The summed E-state index contributed by atoms with van der Waals surface area (Å²) in [7, 11) is 0. The number of para-hydroxylation sites is 1. The second-order valence-corrected chi connectivity index (χ2v) is 6.64. The molecular weight excluding hydrogens is 266 g/mol. The fraction of sp³-hybridized carbons (Fsp3) is 0.529. The van der Waals surface area contributed by atoms with Crippen molar-refractivity contribution in [2.75, 3.05) is 5.32 Å². The number of carboxylic acids is 1. The van der Waals surface area contributed by atoms with Gasteiger partial charge in [-0.25, -0.2) is 0 Å². The largest absolute Gasteiger partial charge is 0.550 e. The lowest BCUT2D eigenvalue weighted by Gasteiger charge is -2.24. The van der Waals surface area contributed by atoms with Crippen molar-refractivity contribution in [1.29, 1.82) is 0 Å². The van der Waals surface area contributed by atoms with Gasteiger partial charge in [-0.05, 0) is 29.4 Å². The highest BCUT2D eigenvalue weighted by Crippen LogP contribution is 2.29. The number of rotatable bonds is 5. The van der Waals surface area contributed by atoms with E-state index in [1.54, 1.807) is 13.8 Å². The maximum absolute atomic E-state index is 12.2. The van der Waals surface area contributed by atoms with Crippen molar-refractivity contribution in [2.24, 2.45) is 11.8 Å². The minimum atomic E-state index is -1.12. The molecule has 116 valence electrons. The Morgan fingerprint density at radius 1 is 1.14 bits per heavy atom. The lowest BCUT2D eigenvalue weighted by molar-refractivity contribution is -0.311. The normalized spacial score (nSPS) is 14.3. The number of hydrogen-bond acceptors (Lipinski definition) is 3. The van der Waals surface area contributed by atoms with E-state index in [-0.39, 0.29) is 23.7 Å². The number of hydrogen-bond donors (Lipinski definition) is 1. The van der Waals surface area contributed by atoms with Crippen LogP contribution in [0.1, 0.15) is 46.6 Å². The Hall–Kier alpha value is -1.84. The van der Waals surface area contributed by atoms with Crippen LogP contribution in [0.2, 0.25) is 0 Å². The van der Waals surface area contributed by atoms with Gasteiger partial charge in [-0.2, -0.15) is 0 Å². The third-order valence-electron chi connectivity index (χ3n) is 3.55. The van der Waals surface area contributed by atoms with Gasteiger partial charge in [-0.15, -0.1) is 0 Å². The number of aliphatic carboxylic acids is 1. The number of nitrogens with one attached hydrogen (secondary N) is 1. The van der Waals surface area contributed by atoms with E-state index < -0.39 is 11.9 Å². The summed E-state index contributed by atoms with van der Waals surface area (Å²) in [4.78, 5) is 23.0. The molecule has 1 aromatic rings. The number of carbonyl (C=O) groups excluding carboxylic acids is 2. The summed E-state index contributed by atoms with van der Waals surface area (Å²) in [5, 5.41) is 13.7. The molecule has 0 saturated carbocycles. The Bertz CT molecular complexity index is 517. The van der Waals surface area contributed by atoms with Gasteiger partial charge in [-0.3, -0.25) is 4.79 Å². The average molecular weight is 290 g/mol. The van der Waals surface area contributed by atoms with Crippen LogP contribution in [0.3, 0.4) is 0 Å². The summed E-state index contributed by atoms with van der Waals surface area (Å²) >= 11 is 0. The Balaban J connectivity index is 2.82. The molecule has 0 spiro atoms. The highest BCUT2D eigenvalue weighted by atomic mass is 16.4. The first kappa shape index (κ1) is 17.2. The number of benzene rings is 1. The van der Waals surface area contributed by atoms with E-state index in [2.05, 4.69) is 26.1 Å². The smallest absolute Gasteiger partial charge is 0.227 e. The maximum atomic E-state index is 12.2. The van der Waals surface area contributed by atoms with Gasteiger partial charge < -0.3 is 15.2 Å². The molecule has 0 aliphatic rings. The molecule has 1 N–H and O–H groups in total. The molecule has 1 amide bonds. The highest BCUT2D eigenvalue weighted by Gasteiger charge is 2.21. The Labute approximate surface area is 126 Å². The lowest BCUT2D eigenvalue weighted by Crippen LogP contribution is -2.33. The minimum Gasteiger partial charge on any atom is -0.550 e. The van der Waals surface area contributed by atoms with E-state index in [9.17, 15) is 14.7 Å². The molecule has 21 heavy (non-hydrogen) atoms. The van der Waals surface area contributed by atoms with E-state index in [0.29, 0.717) is 0 Å². The zero-order valence-electron chi connectivity index (χ0n) is 13.4. The van der Waals surface area contributed by atoms with Crippen molar-refractivity contribution in [2.45, 2.75) is 46.5 Å². The Kier molecular flexibility index (Phi) is 5.53. The summed E-state index contributed by atoms with van der Waals surface area (Å²) in [6, 6.07) is 7.68. The van der Waals surface area contributed by atoms with E-state index in [4.69, 9.17) is 0 Å². The molecule has 4 nitrogen and oxygen atoms in total. The fourth-order valence-corrected chi connectivity index (χ4v) is 2.24. The molecule has 1 aromatic carbocycles. The van der Waals surface area contributed by atoms with Crippen LogP contribution in [0.5, 0.6) is 0 Å². The van der Waals surface area contributed by atoms with Crippen molar-refractivity contribution in [3.8, 4) is 0 Å². The molecule has 0 radical (unpaired) electrons. The van der Waals surface area contributed by atoms with Gasteiger partial charge in [0.1, 0.15) is 0 Å². The molecule has 2 atom stereocenters. The second kappa shape index (κ2) is 6.74. The Morgan fingerprint density at radius 2 is 1.71 bits per heavy atom. The third kappa shape index (κ3) is 4.88. The minimum absolute atomic E-state index is 0.0780.